The molecule has 2 aromatic rings. The summed E-state index contributed by atoms with van der Waals surface area (Å²) in [6, 6.07) is 9.19. The van der Waals surface area contributed by atoms with Crippen molar-refractivity contribution in [2.24, 2.45) is 5.73 Å². The molecule has 5 heteroatoms. The lowest BCUT2D eigenvalue weighted by atomic mass is 10.2. The first-order valence-corrected chi connectivity index (χ1v) is 6.82. The molecular weight excluding hydrogens is 320 g/mol. The number of benzene rings is 2. The van der Waals surface area contributed by atoms with Crippen LogP contribution in [0, 0.1) is 11.6 Å². The third-order valence-electron chi connectivity index (χ3n) is 2.35. The lowest BCUT2D eigenvalue weighted by Crippen LogP contribution is -1.95. The Morgan fingerprint density at radius 2 is 1.78 bits per heavy atom. The summed E-state index contributed by atoms with van der Waals surface area (Å²) in [5.41, 5.74) is 6.52. The fourth-order valence-electron chi connectivity index (χ4n) is 1.43. The molecule has 0 fully saturated rings. The average Bonchev–Trinajstić information content (AvgIpc) is 2.34. The van der Waals surface area contributed by atoms with Crippen LogP contribution in [-0.2, 0) is 6.54 Å². The van der Waals surface area contributed by atoms with Gasteiger partial charge in [-0.1, -0.05) is 17.8 Å². The Kier molecular flexibility index (Phi) is 4.37. The molecule has 0 aliphatic rings. The van der Waals surface area contributed by atoms with E-state index in [2.05, 4.69) is 15.9 Å². The van der Waals surface area contributed by atoms with Crippen LogP contribution in [0.25, 0.3) is 0 Å². The molecule has 0 unspecified atom stereocenters. The van der Waals surface area contributed by atoms with Gasteiger partial charge in [-0.3, -0.25) is 0 Å². The van der Waals surface area contributed by atoms with Crippen LogP contribution in [0.1, 0.15) is 5.56 Å². The third kappa shape index (κ3) is 3.10. The van der Waals surface area contributed by atoms with Crippen molar-refractivity contribution < 1.29 is 8.78 Å². The Hall–Kier alpha value is -0.910. The van der Waals surface area contributed by atoms with Gasteiger partial charge in [0.05, 0.1) is 0 Å². The molecule has 2 N–H and O–H groups in total. The van der Waals surface area contributed by atoms with Crippen molar-refractivity contribution in [2.45, 2.75) is 16.3 Å². The molecule has 2 rings (SSSR count). The van der Waals surface area contributed by atoms with Crippen LogP contribution >= 0.6 is 27.7 Å². The van der Waals surface area contributed by atoms with E-state index in [1.54, 1.807) is 0 Å². The first-order chi connectivity index (χ1) is 8.60. The molecule has 0 aromatic heterocycles. The monoisotopic (exact) mass is 329 g/mol. The average molecular weight is 330 g/mol. The second-order valence-corrected chi connectivity index (χ2v) is 5.58. The van der Waals surface area contributed by atoms with Crippen LogP contribution in [0.2, 0.25) is 0 Å². The highest BCUT2D eigenvalue weighted by Crippen LogP contribution is 2.35. The maximum absolute atomic E-state index is 13.5. The Bertz CT molecular complexity index is 575. The molecule has 94 valence electrons. The minimum atomic E-state index is -0.575. The molecule has 1 nitrogen and oxygen atoms in total. The summed E-state index contributed by atoms with van der Waals surface area (Å²) < 4.78 is 27.2. The maximum Gasteiger partial charge on any atom is 0.140 e. The zero-order chi connectivity index (χ0) is 13.1. The SMILES string of the molecule is NCc1ccc(Sc2ccc(F)cc2F)c(Br)c1. The first-order valence-electron chi connectivity index (χ1n) is 5.21. The van der Waals surface area contributed by atoms with Gasteiger partial charge in [0.15, 0.2) is 0 Å². The van der Waals surface area contributed by atoms with Crippen LogP contribution in [-0.4, -0.2) is 0 Å². The zero-order valence-corrected chi connectivity index (χ0v) is 11.7. The van der Waals surface area contributed by atoms with E-state index in [1.165, 1.54) is 23.9 Å². The summed E-state index contributed by atoms with van der Waals surface area (Å²) in [5.74, 6) is -1.14. The lowest BCUT2D eigenvalue weighted by molar-refractivity contribution is 0.565. The number of hydrogen-bond acceptors (Lipinski definition) is 2. The van der Waals surface area contributed by atoms with E-state index in [9.17, 15) is 8.78 Å². The van der Waals surface area contributed by atoms with Crippen molar-refractivity contribution in [3.8, 4) is 0 Å². The van der Waals surface area contributed by atoms with Gasteiger partial charge in [0.2, 0.25) is 0 Å². The van der Waals surface area contributed by atoms with Crippen LogP contribution in [0.4, 0.5) is 8.78 Å². The van der Waals surface area contributed by atoms with Crippen LogP contribution in [0.5, 0.6) is 0 Å². The van der Waals surface area contributed by atoms with Crippen molar-refractivity contribution in [3.63, 3.8) is 0 Å². The summed E-state index contributed by atoms with van der Waals surface area (Å²) in [6.07, 6.45) is 0. The molecule has 0 saturated heterocycles. The van der Waals surface area contributed by atoms with E-state index in [-0.39, 0.29) is 0 Å². The minimum Gasteiger partial charge on any atom is -0.326 e. The quantitative estimate of drug-likeness (QED) is 0.906. The maximum atomic E-state index is 13.5. The molecular formula is C13H10BrF2NS. The van der Waals surface area contributed by atoms with Gasteiger partial charge in [-0.2, -0.15) is 0 Å². The molecule has 0 amide bonds. The highest BCUT2D eigenvalue weighted by atomic mass is 79.9. The van der Waals surface area contributed by atoms with E-state index in [1.807, 2.05) is 18.2 Å². The molecule has 0 saturated carbocycles. The molecule has 0 aliphatic heterocycles. The number of hydrogen-bond donors (Lipinski definition) is 1. The van der Waals surface area contributed by atoms with Gasteiger partial charge in [0.1, 0.15) is 11.6 Å². The summed E-state index contributed by atoms with van der Waals surface area (Å²) >= 11 is 4.65. The van der Waals surface area contributed by atoms with Crippen molar-refractivity contribution in [1.29, 1.82) is 0 Å². The van der Waals surface area contributed by atoms with Crippen LogP contribution in [0.3, 0.4) is 0 Å². The Labute approximate surface area is 117 Å². The van der Waals surface area contributed by atoms with E-state index in [0.29, 0.717) is 11.4 Å². The first kappa shape index (κ1) is 13.5. The lowest BCUT2D eigenvalue weighted by Gasteiger charge is -2.07. The van der Waals surface area contributed by atoms with Gasteiger partial charge in [-0.25, -0.2) is 8.78 Å². The largest absolute Gasteiger partial charge is 0.326 e. The second kappa shape index (κ2) is 5.82. The van der Waals surface area contributed by atoms with Gasteiger partial charge in [0, 0.05) is 26.9 Å². The second-order valence-electron chi connectivity index (χ2n) is 3.65. The van der Waals surface area contributed by atoms with Gasteiger partial charge in [-0.15, -0.1) is 0 Å². The van der Waals surface area contributed by atoms with Gasteiger partial charge in [0.25, 0.3) is 0 Å². The van der Waals surface area contributed by atoms with E-state index in [0.717, 1.165) is 21.0 Å². The molecule has 2 aromatic carbocycles. The summed E-state index contributed by atoms with van der Waals surface area (Å²) in [7, 11) is 0. The molecule has 0 radical (unpaired) electrons. The van der Waals surface area contributed by atoms with Gasteiger partial charge < -0.3 is 5.73 Å². The highest BCUT2D eigenvalue weighted by Gasteiger charge is 2.08. The van der Waals surface area contributed by atoms with Gasteiger partial charge in [-0.05, 0) is 45.8 Å². The minimum absolute atomic E-state index is 0.387. The molecule has 0 spiro atoms. The predicted molar refractivity (Wildman–Crippen MR) is 72.5 cm³/mol. The van der Waals surface area contributed by atoms with Crippen molar-refractivity contribution in [1.82, 2.24) is 0 Å². The Morgan fingerprint density at radius 1 is 1.06 bits per heavy atom. The Balaban J connectivity index is 2.28. The molecule has 0 bridgehead atoms. The smallest absolute Gasteiger partial charge is 0.140 e. The van der Waals surface area contributed by atoms with Crippen molar-refractivity contribution in [3.05, 3.63) is 58.1 Å². The number of nitrogens with two attached hydrogens (primary N) is 1. The molecule has 0 heterocycles. The predicted octanol–water partition coefficient (Wildman–Crippen LogP) is 4.34. The Morgan fingerprint density at radius 3 is 2.39 bits per heavy atom. The zero-order valence-electron chi connectivity index (χ0n) is 9.29. The summed E-state index contributed by atoms with van der Waals surface area (Å²) in [6.45, 7) is 0.453. The molecule has 0 atom stereocenters. The van der Waals surface area contributed by atoms with Crippen molar-refractivity contribution in [2.75, 3.05) is 0 Å². The van der Waals surface area contributed by atoms with E-state index < -0.39 is 11.6 Å². The van der Waals surface area contributed by atoms with Crippen molar-refractivity contribution >= 4 is 27.7 Å². The summed E-state index contributed by atoms with van der Waals surface area (Å²) in [5, 5.41) is 0. The van der Waals surface area contributed by atoms with E-state index in [4.69, 9.17) is 5.73 Å². The van der Waals surface area contributed by atoms with Crippen LogP contribution in [0.15, 0.2) is 50.7 Å². The normalized spacial score (nSPS) is 10.7. The summed E-state index contributed by atoms with van der Waals surface area (Å²) in [4.78, 5) is 1.25. The molecule has 18 heavy (non-hydrogen) atoms. The standard InChI is InChI=1S/C13H10BrF2NS/c14-10-5-8(7-17)1-3-12(10)18-13-4-2-9(15)6-11(13)16/h1-6H,7,17H2. The van der Waals surface area contributed by atoms with Crippen LogP contribution < -0.4 is 5.73 Å². The number of halogens is 3. The van der Waals surface area contributed by atoms with E-state index >= 15 is 0 Å². The fourth-order valence-corrected chi connectivity index (χ4v) is 2.92. The number of rotatable bonds is 3. The topological polar surface area (TPSA) is 26.0 Å². The highest BCUT2D eigenvalue weighted by molar-refractivity contribution is 9.10. The fraction of sp³-hybridized carbons (Fsp3) is 0.0769. The molecule has 0 aliphatic carbocycles. The third-order valence-corrected chi connectivity index (χ3v) is 4.39. The van der Waals surface area contributed by atoms with Gasteiger partial charge >= 0.3 is 0 Å².